The fourth-order valence-electron chi connectivity index (χ4n) is 4.43. The summed E-state index contributed by atoms with van der Waals surface area (Å²) in [6.45, 7) is 3.12. The first-order chi connectivity index (χ1) is 16.2. The van der Waals surface area contributed by atoms with Crippen molar-refractivity contribution < 1.29 is 13.9 Å². The number of fused-ring (bicyclic) bond motifs is 2. The van der Waals surface area contributed by atoms with Gasteiger partial charge in [0.05, 0.1) is 23.6 Å². The van der Waals surface area contributed by atoms with E-state index in [2.05, 4.69) is 6.92 Å². The number of nitrogens with zero attached hydrogens (tertiary/aromatic N) is 1. The normalized spacial score (nSPS) is 15.1. The molecule has 1 unspecified atom stereocenters. The van der Waals surface area contributed by atoms with E-state index in [0.717, 1.165) is 23.3 Å². The molecular formula is C28H25NO4. The third kappa shape index (κ3) is 3.91. The van der Waals surface area contributed by atoms with Crippen LogP contribution < -0.4 is 10.2 Å². The second-order valence-corrected chi connectivity index (χ2v) is 8.23. The van der Waals surface area contributed by atoms with Gasteiger partial charge >= 0.3 is 0 Å². The topological polar surface area (TPSA) is 59.8 Å². The van der Waals surface area contributed by atoms with Crippen LogP contribution in [-0.4, -0.2) is 24.0 Å². The molecule has 1 aromatic heterocycles. The largest absolute Gasteiger partial charge is 0.494 e. The number of amides is 1. The third-order valence-corrected chi connectivity index (χ3v) is 6.00. The number of para-hydroxylation sites is 1. The molecule has 5 heteroatoms. The van der Waals surface area contributed by atoms with E-state index in [-0.39, 0.29) is 17.1 Å². The highest BCUT2D eigenvalue weighted by Crippen LogP contribution is 2.39. The fourth-order valence-corrected chi connectivity index (χ4v) is 4.43. The summed E-state index contributed by atoms with van der Waals surface area (Å²) >= 11 is 0. The Morgan fingerprint density at radius 2 is 1.73 bits per heavy atom. The van der Waals surface area contributed by atoms with Gasteiger partial charge in [-0.05, 0) is 48.2 Å². The lowest BCUT2D eigenvalue weighted by Gasteiger charge is -2.25. The number of rotatable bonds is 7. The van der Waals surface area contributed by atoms with Crippen molar-refractivity contribution in [3.05, 3.63) is 112 Å². The smallest absolute Gasteiger partial charge is 0.290 e. The van der Waals surface area contributed by atoms with Gasteiger partial charge < -0.3 is 14.1 Å². The van der Waals surface area contributed by atoms with E-state index in [4.69, 9.17) is 9.15 Å². The number of carbonyl (C=O) groups excluding carboxylic acids is 1. The van der Waals surface area contributed by atoms with Crippen LogP contribution in [-0.2, 0) is 6.42 Å². The van der Waals surface area contributed by atoms with Gasteiger partial charge in [-0.15, -0.1) is 0 Å². The lowest BCUT2D eigenvalue weighted by molar-refractivity contribution is 0.0730. The summed E-state index contributed by atoms with van der Waals surface area (Å²) < 4.78 is 11.8. The highest BCUT2D eigenvalue weighted by Gasteiger charge is 2.42. The van der Waals surface area contributed by atoms with E-state index in [0.29, 0.717) is 36.1 Å². The summed E-state index contributed by atoms with van der Waals surface area (Å²) in [5, 5.41) is 0.484. The lowest BCUT2D eigenvalue weighted by Crippen LogP contribution is -2.31. The second kappa shape index (κ2) is 8.94. The van der Waals surface area contributed by atoms with Gasteiger partial charge in [-0.1, -0.05) is 61.5 Å². The Balaban J connectivity index is 1.62. The summed E-state index contributed by atoms with van der Waals surface area (Å²) in [5.74, 6) is 0.605. The van der Waals surface area contributed by atoms with Gasteiger partial charge in [0.25, 0.3) is 5.91 Å². The zero-order valence-electron chi connectivity index (χ0n) is 18.5. The standard InChI is InChI=1S/C28H25NO4/c1-2-17-32-21-12-8-11-20(18-21)25-24-26(30)22-13-6-7-14-23(22)33-27(24)28(31)29(25)16-15-19-9-4-3-5-10-19/h3-14,18,25H,2,15-17H2,1H3. The minimum Gasteiger partial charge on any atom is -0.494 e. The van der Waals surface area contributed by atoms with E-state index < -0.39 is 6.04 Å². The van der Waals surface area contributed by atoms with E-state index in [1.807, 2.05) is 60.7 Å². The molecular weight excluding hydrogens is 414 g/mol. The third-order valence-electron chi connectivity index (χ3n) is 6.00. The molecule has 0 radical (unpaired) electrons. The van der Waals surface area contributed by atoms with Crippen LogP contribution in [0.5, 0.6) is 5.75 Å². The first kappa shape index (κ1) is 21.0. The van der Waals surface area contributed by atoms with Crippen molar-refractivity contribution in [2.75, 3.05) is 13.2 Å². The van der Waals surface area contributed by atoms with Crippen LogP contribution in [0, 0.1) is 0 Å². The number of hydrogen-bond acceptors (Lipinski definition) is 4. The molecule has 0 saturated heterocycles. The lowest BCUT2D eigenvalue weighted by atomic mass is 9.98. The zero-order chi connectivity index (χ0) is 22.8. The van der Waals surface area contributed by atoms with Crippen molar-refractivity contribution in [1.29, 1.82) is 0 Å². The molecule has 2 heterocycles. The summed E-state index contributed by atoms with van der Waals surface area (Å²) in [7, 11) is 0. The molecule has 5 rings (SSSR count). The van der Waals surface area contributed by atoms with Crippen LogP contribution in [0.2, 0.25) is 0 Å². The monoisotopic (exact) mass is 439 g/mol. The molecule has 0 fully saturated rings. The van der Waals surface area contributed by atoms with Crippen LogP contribution in [0.3, 0.4) is 0 Å². The molecule has 1 atom stereocenters. The van der Waals surface area contributed by atoms with Gasteiger partial charge in [-0.3, -0.25) is 9.59 Å². The number of hydrogen-bond donors (Lipinski definition) is 0. The van der Waals surface area contributed by atoms with Gasteiger partial charge in [0.2, 0.25) is 5.76 Å². The van der Waals surface area contributed by atoms with Gasteiger partial charge in [0, 0.05) is 6.54 Å². The number of carbonyl (C=O) groups is 1. The summed E-state index contributed by atoms with van der Waals surface area (Å²) in [6, 6.07) is 24.2. The van der Waals surface area contributed by atoms with E-state index >= 15 is 0 Å². The minimum absolute atomic E-state index is 0.136. The SMILES string of the molecule is CCCOc1cccc(C2c3c(oc4ccccc4c3=O)C(=O)N2CCc2ccccc2)c1. The first-order valence-electron chi connectivity index (χ1n) is 11.3. The molecule has 1 aliphatic rings. The minimum atomic E-state index is -0.526. The van der Waals surface area contributed by atoms with Crippen LogP contribution in [0.15, 0.2) is 88.1 Å². The highest BCUT2D eigenvalue weighted by atomic mass is 16.5. The maximum Gasteiger partial charge on any atom is 0.290 e. The average Bonchev–Trinajstić information content (AvgIpc) is 3.14. The molecule has 4 aromatic rings. The molecule has 166 valence electrons. The molecule has 1 aliphatic heterocycles. The van der Waals surface area contributed by atoms with Crippen LogP contribution >= 0.6 is 0 Å². The zero-order valence-corrected chi connectivity index (χ0v) is 18.5. The van der Waals surface area contributed by atoms with Crippen molar-refractivity contribution >= 4 is 16.9 Å². The fraction of sp³-hybridized carbons (Fsp3) is 0.214. The van der Waals surface area contributed by atoms with Crippen LogP contribution in [0.4, 0.5) is 0 Å². The predicted molar refractivity (Wildman–Crippen MR) is 128 cm³/mol. The molecule has 5 nitrogen and oxygen atoms in total. The van der Waals surface area contributed by atoms with Crippen molar-refractivity contribution in [3.8, 4) is 5.75 Å². The van der Waals surface area contributed by atoms with E-state index in [9.17, 15) is 9.59 Å². The van der Waals surface area contributed by atoms with E-state index in [1.54, 1.807) is 23.1 Å². The average molecular weight is 440 g/mol. The van der Waals surface area contributed by atoms with Gasteiger partial charge in [-0.2, -0.15) is 0 Å². The Bertz CT molecular complexity index is 1360. The summed E-state index contributed by atoms with van der Waals surface area (Å²) in [5.41, 5.74) is 2.64. The van der Waals surface area contributed by atoms with Crippen molar-refractivity contribution in [1.82, 2.24) is 4.90 Å². The van der Waals surface area contributed by atoms with Crippen molar-refractivity contribution in [2.45, 2.75) is 25.8 Å². The van der Waals surface area contributed by atoms with Crippen molar-refractivity contribution in [3.63, 3.8) is 0 Å². The Hall–Kier alpha value is -3.86. The maximum absolute atomic E-state index is 13.6. The van der Waals surface area contributed by atoms with Gasteiger partial charge in [-0.25, -0.2) is 0 Å². The second-order valence-electron chi connectivity index (χ2n) is 8.23. The molecule has 0 saturated carbocycles. The number of ether oxygens (including phenoxy) is 1. The van der Waals surface area contributed by atoms with Crippen LogP contribution in [0.25, 0.3) is 11.0 Å². The van der Waals surface area contributed by atoms with Crippen LogP contribution in [0.1, 0.15) is 46.6 Å². The van der Waals surface area contributed by atoms with E-state index in [1.165, 1.54) is 0 Å². The highest BCUT2D eigenvalue weighted by molar-refractivity contribution is 5.99. The van der Waals surface area contributed by atoms with Gasteiger partial charge in [0.1, 0.15) is 11.3 Å². The van der Waals surface area contributed by atoms with Crippen molar-refractivity contribution in [2.24, 2.45) is 0 Å². The Kier molecular flexibility index (Phi) is 5.69. The maximum atomic E-state index is 13.6. The first-order valence-corrected chi connectivity index (χ1v) is 11.3. The molecule has 33 heavy (non-hydrogen) atoms. The molecule has 0 aliphatic carbocycles. The Morgan fingerprint density at radius 3 is 2.55 bits per heavy atom. The predicted octanol–water partition coefficient (Wildman–Crippen LogP) is 5.37. The summed E-state index contributed by atoms with van der Waals surface area (Å²) in [6.07, 6.45) is 1.57. The molecule has 3 aromatic carbocycles. The molecule has 0 spiro atoms. The quantitative estimate of drug-likeness (QED) is 0.388. The molecule has 1 amide bonds. The van der Waals surface area contributed by atoms with Gasteiger partial charge in [0.15, 0.2) is 5.43 Å². The molecule has 0 bridgehead atoms. The summed E-state index contributed by atoms with van der Waals surface area (Å²) in [4.78, 5) is 28.8. The molecule has 0 N–H and O–H groups in total. The number of benzene rings is 3. The Labute approximate surface area is 192 Å². The Morgan fingerprint density at radius 1 is 0.939 bits per heavy atom.